The molecule has 0 nitrogen and oxygen atoms in total. The first-order valence-corrected chi connectivity index (χ1v) is 17.3. The van der Waals surface area contributed by atoms with Gasteiger partial charge < -0.3 is 0 Å². The van der Waals surface area contributed by atoms with Crippen LogP contribution >= 0.6 is 0 Å². The van der Waals surface area contributed by atoms with Gasteiger partial charge in [-0.25, -0.2) is 0 Å². The molecular weight excluding hydrogens is 577 g/mol. The van der Waals surface area contributed by atoms with Crippen LogP contribution in [0.5, 0.6) is 0 Å². The van der Waals surface area contributed by atoms with Crippen molar-refractivity contribution in [2.24, 2.45) is 0 Å². The number of hydrogen-bond donors (Lipinski definition) is 0. The van der Waals surface area contributed by atoms with Gasteiger partial charge in [0.05, 0.1) is 0 Å². The van der Waals surface area contributed by atoms with Crippen molar-refractivity contribution in [1.82, 2.24) is 0 Å². The van der Waals surface area contributed by atoms with Crippen LogP contribution in [0.1, 0.15) is 49.9 Å². The SMILES string of the molecule is CC1(C)c2cc3c(cc2-c2c1ccc1ccccc21)C(C)(C)c1cc2ccc4c(-c5cccc6ccccc56)ccc5ccc(c1-3)c2c54. The van der Waals surface area contributed by atoms with Crippen molar-refractivity contribution in [3.63, 3.8) is 0 Å². The standard InChI is InChI=1S/C48H34/c1-47(2)39-23-19-28-11-6-8-14-32(28)45(39)37-25-41-38(26-40(37)47)46-36-22-17-29-16-20-34(33-15-9-12-27-10-5-7-13-31(27)33)35-21-18-30(44(36)43(29)35)24-42(46)48(41,3)4/h5-26H,1-4H3. The van der Waals surface area contributed by atoms with Crippen LogP contribution < -0.4 is 0 Å². The third-order valence-electron chi connectivity index (χ3n) is 12.2. The predicted octanol–water partition coefficient (Wildman–Crippen LogP) is 13.2. The average Bonchev–Trinajstić information content (AvgIpc) is 3.48. The van der Waals surface area contributed by atoms with Crippen LogP contribution in [0, 0.1) is 0 Å². The molecule has 9 aromatic rings. The molecule has 0 saturated carbocycles. The zero-order valence-corrected chi connectivity index (χ0v) is 27.7. The van der Waals surface area contributed by atoms with Gasteiger partial charge >= 0.3 is 0 Å². The second-order valence-corrected chi connectivity index (χ2v) is 15.3. The molecular formula is C48H34. The quantitative estimate of drug-likeness (QED) is 0.162. The summed E-state index contributed by atoms with van der Waals surface area (Å²) in [6, 6.07) is 50.9. The zero-order chi connectivity index (χ0) is 32.1. The van der Waals surface area contributed by atoms with Gasteiger partial charge in [-0.2, -0.15) is 0 Å². The van der Waals surface area contributed by atoms with Gasteiger partial charge in [0.1, 0.15) is 0 Å². The van der Waals surface area contributed by atoms with Gasteiger partial charge in [-0.1, -0.05) is 143 Å². The Morgan fingerprint density at radius 2 is 0.854 bits per heavy atom. The first kappa shape index (κ1) is 26.6. The van der Waals surface area contributed by atoms with E-state index in [4.69, 9.17) is 0 Å². The molecule has 9 aromatic carbocycles. The summed E-state index contributed by atoms with van der Waals surface area (Å²) in [6.07, 6.45) is 0. The summed E-state index contributed by atoms with van der Waals surface area (Å²) in [7, 11) is 0. The lowest BCUT2D eigenvalue weighted by Gasteiger charge is -2.24. The van der Waals surface area contributed by atoms with Crippen LogP contribution in [0.2, 0.25) is 0 Å². The van der Waals surface area contributed by atoms with E-state index in [1.54, 1.807) is 0 Å². The third kappa shape index (κ3) is 3.12. The molecule has 0 bridgehead atoms. The zero-order valence-electron chi connectivity index (χ0n) is 27.7. The molecule has 0 atom stereocenters. The summed E-state index contributed by atoms with van der Waals surface area (Å²) >= 11 is 0. The number of hydrogen-bond acceptors (Lipinski definition) is 0. The highest BCUT2D eigenvalue weighted by Crippen LogP contribution is 2.59. The smallest absolute Gasteiger partial charge is 0.0159 e. The molecule has 2 aliphatic carbocycles. The largest absolute Gasteiger partial charge is 0.0616 e. The molecule has 0 heterocycles. The third-order valence-corrected chi connectivity index (χ3v) is 12.2. The van der Waals surface area contributed by atoms with E-state index in [-0.39, 0.29) is 10.8 Å². The van der Waals surface area contributed by atoms with Crippen molar-refractivity contribution >= 4 is 53.9 Å². The van der Waals surface area contributed by atoms with Crippen LogP contribution in [0.3, 0.4) is 0 Å². The second-order valence-electron chi connectivity index (χ2n) is 15.3. The Morgan fingerprint density at radius 3 is 1.65 bits per heavy atom. The van der Waals surface area contributed by atoms with E-state index in [1.807, 2.05) is 0 Å². The Hall–Kier alpha value is -5.46. The van der Waals surface area contributed by atoms with Gasteiger partial charge in [-0.15, -0.1) is 0 Å². The lowest BCUT2D eigenvalue weighted by molar-refractivity contribution is 0.652. The summed E-state index contributed by atoms with van der Waals surface area (Å²) in [4.78, 5) is 0. The molecule has 2 aliphatic rings. The highest BCUT2D eigenvalue weighted by atomic mass is 14.5. The fraction of sp³-hybridized carbons (Fsp3) is 0.125. The van der Waals surface area contributed by atoms with E-state index in [0.717, 1.165) is 0 Å². The summed E-state index contributed by atoms with van der Waals surface area (Å²) in [5.74, 6) is 0. The average molecular weight is 611 g/mol. The first-order chi connectivity index (χ1) is 23.3. The van der Waals surface area contributed by atoms with Gasteiger partial charge in [0.25, 0.3) is 0 Å². The lowest BCUT2D eigenvalue weighted by Crippen LogP contribution is -2.17. The highest BCUT2D eigenvalue weighted by molar-refractivity contribution is 6.29. The Labute approximate surface area is 280 Å². The Kier molecular flexibility index (Phi) is 4.82. The van der Waals surface area contributed by atoms with Gasteiger partial charge in [0.15, 0.2) is 0 Å². The maximum absolute atomic E-state index is 2.57. The van der Waals surface area contributed by atoms with Crippen molar-refractivity contribution in [2.75, 3.05) is 0 Å². The van der Waals surface area contributed by atoms with E-state index >= 15 is 0 Å². The van der Waals surface area contributed by atoms with Gasteiger partial charge in [0, 0.05) is 10.8 Å². The molecule has 0 N–H and O–H groups in total. The van der Waals surface area contributed by atoms with E-state index in [2.05, 4.69) is 161 Å². The summed E-state index contributed by atoms with van der Waals surface area (Å²) in [6.45, 7) is 9.70. The molecule has 0 heteroatoms. The summed E-state index contributed by atoms with van der Waals surface area (Å²) in [5.41, 5.74) is 13.8. The van der Waals surface area contributed by atoms with Crippen molar-refractivity contribution in [1.29, 1.82) is 0 Å². The van der Waals surface area contributed by atoms with E-state index in [0.29, 0.717) is 0 Å². The van der Waals surface area contributed by atoms with Gasteiger partial charge in [-0.05, 0) is 128 Å². The van der Waals surface area contributed by atoms with E-state index in [1.165, 1.54) is 109 Å². The van der Waals surface area contributed by atoms with Gasteiger partial charge in [0.2, 0.25) is 0 Å². The summed E-state index contributed by atoms with van der Waals surface area (Å²) in [5, 5.41) is 13.4. The molecule has 0 saturated heterocycles. The Morgan fingerprint density at radius 1 is 0.312 bits per heavy atom. The van der Waals surface area contributed by atoms with Crippen molar-refractivity contribution in [2.45, 2.75) is 38.5 Å². The first-order valence-electron chi connectivity index (χ1n) is 17.3. The fourth-order valence-electron chi connectivity index (χ4n) is 9.77. The summed E-state index contributed by atoms with van der Waals surface area (Å²) < 4.78 is 0. The number of fused-ring (bicyclic) bond motifs is 10. The minimum Gasteiger partial charge on any atom is -0.0616 e. The van der Waals surface area contributed by atoms with Crippen LogP contribution in [0.4, 0.5) is 0 Å². The topological polar surface area (TPSA) is 0 Å². The molecule has 0 amide bonds. The molecule has 0 fully saturated rings. The van der Waals surface area contributed by atoms with E-state index in [9.17, 15) is 0 Å². The van der Waals surface area contributed by atoms with Crippen molar-refractivity contribution in [3.05, 3.63) is 156 Å². The van der Waals surface area contributed by atoms with Crippen LogP contribution in [-0.4, -0.2) is 0 Å². The number of benzene rings is 9. The predicted molar refractivity (Wildman–Crippen MR) is 206 cm³/mol. The van der Waals surface area contributed by atoms with Crippen LogP contribution in [0.25, 0.3) is 87.2 Å². The lowest BCUT2D eigenvalue weighted by atomic mass is 9.79. The van der Waals surface area contributed by atoms with Crippen LogP contribution in [0.15, 0.2) is 133 Å². The van der Waals surface area contributed by atoms with E-state index < -0.39 is 0 Å². The maximum atomic E-state index is 2.57. The van der Waals surface area contributed by atoms with Gasteiger partial charge in [-0.3, -0.25) is 0 Å². The molecule has 48 heavy (non-hydrogen) atoms. The molecule has 0 aliphatic heterocycles. The van der Waals surface area contributed by atoms with Crippen molar-refractivity contribution < 1.29 is 0 Å². The van der Waals surface area contributed by atoms with Crippen LogP contribution in [-0.2, 0) is 10.8 Å². The minimum absolute atomic E-state index is 0.0756. The normalized spacial score (nSPS) is 15.4. The Bertz CT molecular complexity index is 2870. The maximum Gasteiger partial charge on any atom is 0.0159 e. The van der Waals surface area contributed by atoms with Crippen molar-refractivity contribution in [3.8, 4) is 33.4 Å². The molecule has 0 aromatic heterocycles. The highest BCUT2D eigenvalue weighted by Gasteiger charge is 2.43. The second kappa shape index (κ2) is 8.71. The fourth-order valence-corrected chi connectivity index (χ4v) is 9.77. The molecule has 11 rings (SSSR count). The minimum atomic E-state index is -0.115. The molecule has 0 radical (unpaired) electrons. The monoisotopic (exact) mass is 610 g/mol. The molecule has 0 spiro atoms. The molecule has 226 valence electrons. The molecule has 0 unspecified atom stereocenters. The Balaban J connectivity index is 1.22. The number of rotatable bonds is 1.